The predicted molar refractivity (Wildman–Crippen MR) is 128 cm³/mol. The van der Waals surface area contributed by atoms with E-state index in [1.165, 1.54) is 18.4 Å². The van der Waals surface area contributed by atoms with Crippen LogP contribution in [0.5, 0.6) is 0 Å². The van der Waals surface area contributed by atoms with Gasteiger partial charge >= 0.3 is 0 Å². The number of fused-ring (bicyclic) bond motifs is 1. The zero-order valence-electron chi connectivity index (χ0n) is 19.3. The molecule has 0 aliphatic carbocycles. The number of hydrogen-bond donors (Lipinski definition) is 2. The molecule has 1 fully saturated rings. The summed E-state index contributed by atoms with van der Waals surface area (Å²) in [4.78, 5) is 9.60. The molecular weight excluding hydrogens is 416 g/mol. The molecule has 4 aromatic rings. The molecule has 0 atom stereocenters. The van der Waals surface area contributed by atoms with Crippen molar-refractivity contribution in [3.63, 3.8) is 0 Å². The minimum atomic E-state index is -0.318. The third kappa shape index (κ3) is 5.64. The second-order valence-electron chi connectivity index (χ2n) is 9.11. The van der Waals surface area contributed by atoms with E-state index in [1.807, 2.05) is 55.9 Å². The Morgan fingerprint density at radius 1 is 1.06 bits per heavy atom. The SMILES string of the molecule is CC(C)(C)OC=O.c1ccc2c(-c3cn(-c4ccc(C5CCNCC5)cc4)nn3)n[nH]c2c1. The van der Waals surface area contributed by atoms with Crippen molar-refractivity contribution in [2.24, 2.45) is 0 Å². The van der Waals surface area contributed by atoms with Gasteiger partial charge in [0.25, 0.3) is 6.47 Å². The fourth-order valence-electron chi connectivity index (χ4n) is 3.86. The number of aromatic amines is 1. The number of rotatable bonds is 4. The van der Waals surface area contributed by atoms with Crippen LogP contribution in [-0.2, 0) is 9.53 Å². The van der Waals surface area contributed by atoms with Gasteiger partial charge in [0.2, 0.25) is 0 Å². The van der Waals surface area contributed by atoms with E-state index in [-0.39, 0.29) is 5.60 Å². The molecule has 8 heteroatoms. The fraction of sp³-hybridized carbons (Fsp3) is 0.360. The summed E-state index contributed by atoms with van der Waals surface area (Å²) in [7, 11) is 0. The van der Waals surface area contributed by atoms with Gasteiger partial charge in [0.05, 0.1) is 17.4 Å². The molecule has 1 saturated heterocycles. The summed E-state index contributed by atoms with van der Waals surface area (Å²) in [6.45, 7) is 8.14. The Morgan fingerprint density at radius 2 is 1.79 bits per heavy atom. The highest BCUT2D eigenvalue weighted by Crippen LogP contribution is 2.27. The molecule has 172 valence electrons. The Morgan fingerprint density at radius 3 is 2.45 bits per heavy atom. The molecule has 0 saturated carbocycles. The number of nitrogens with zero attached hydrogens (tertiary/aromatic N) is 4. The number of ether oxygens (including phenoxy) is 1. The van der Waals surface area contributed by atoms with Crippen LogP contribution in [0.4, 0.5) is 0 Å². The van der Waals surface area contributed by atoms with Crippen molar-refractivity contribution in [2.75, 3.05) is 13.1 Å². The van der Waals surface area contributed by atoms with Crippen molar-refractivity contribution >= 4 is 17.4 Å². The monoisotopic (exact) mass is 446 g/mol. The number of H-pyrrole nitrogens is 1. The third-order valence-corrected chi connectivity index (χ3v) is 5.58. The molecule has 0 amide bonds. The molecule has 1 aliphatic heterocycles. The van der Waals surface area contributed by atoms with Gasteiger partial charge < -0.3 is 10.1 Å². The van der Waals surface area contributed by atoms with Crippen LogP contribution in [0.25, 0.3) is 28.0 Å². The van der Waals surface area contributed by atoms with Crippen LogP contribution < -0.4 is 5.32 Å². The molecular formula is C25H30N6O2. The summed E-state index contributed by atoms with van der Waals surface area (Å²) in [5.74, 6) is 0.659. The maximum atomic E-state index is 9.60. The van der Waals surface area contributed by atoms with Crippen molar-refractivity contribution in [2.45, 2.75) is 45.1 Å². The summed E-state index contributed by atoms with van der Waals surface area (Å²) < 4.78 is 6.36. The summed E-state index contributed by atoms with van der Waals surface area (Å²) in [6.07, 6.45) is 4.35. The third-order valence-electron chi connectivity index (χ3n) is 5.58. The molecule has 33 heavy (non-hydrogen) atoms. The Bertz CT molecular complexity index is 1180. The zero-order chi connectivity index (χ0) is 23.3. The first-order valence-corrected chi connectivity index (χ1v) is 11.2. The van der Waals surface area contributed by atoms with Gasteiger partial charge in [0.15, 0.2) is 0 Å². The van der Waals surface area contributed by atoms with Crippen LogP contribution in [0.2, 0.25) is 0 Å². The number of carbonyl (C=O) groups excluding carboxylic acids is 1. The molecule has 1 aliphatic rings. The highest BCUT2D eigenvalue weighted by molar-refractivity contribution is 5.91. The zero-order valence-corrected chi connectivity index (χ0v) is 19.3. The molecule has 3 heterocycles. The average molecular weight is 447 g/mol. The highest BCUT2D eigenvalue weighted by Gasteiger charge is 2.16. The van der Waals surface area contributed by atoms with E-state index in [1.54, 1.807) is 0 Å². The second-order valence-corrected chi connectivity index (χ2v) is 9.11. The maximum absolute atomic E-state index is 9.60. The first-order chi connectivity index (χ1) is 15.9. The summed E-state index contributed by atoms with van der Waals surface area (Å²) in [5.41, 5.74) is 4.71. The number of aromatic nitrogens is 5. The topological polar surface area (TPSA) is 97.7 Å². The molecule has 0 bridgehead atoms. The van der Waals surface area contributed by atoms with Gasteiger partial charge in [-0.1, -0.05) is 35.5 Å². The molecule has 0 unspecified atom stereocenters. The Labute approximate surface area is 193 Å². The molecule has 8 nitrogen and oxygen atoms in total. The molecule has 2 aromatic heterocycles. The molecule has 5 rings (SSSR count). The number of hydrogen-bond acceptors (Lipinski definition) is 6. The lowest BCUT2D eigenvalue weighted by molar-refractivity contribution is -0.138. The van der Waals surface area contributed by atoms with Crippen LogP contribution in [0, 0.1) is 0 Å². The van der Waals surface area contributed by atoms with Crippen molar-refractivity contribution < 1.29 is 9.53 Å². The number of para-hydroxylation sites is 1. The number of nitrogens with one attached hydrogen (secondary N) is 2. The van der Waals surface area contributed by atoms with E-state index in [2.05, 4.69) is 54.8 Å². The van der Waals surface area contributed by atoms with Gasteiger partial charge in [0.1, 0.15) is 17.0 Å². The van der Waals surface area contributed by atoms with Gasteiger partial charge in [0, 0.05) is 5.39 Å². The first kappa shape index (κ1) is 22.7. The van der Waals surface area contributed by atoms with E-state index < -0.39 is 0 Å². The number of benzene rings is 2. The number of carbonyl (C=O) groups is 1. The van der Waals surface area contributed by atoms with Crippen molar-refractivity contribution in [3.05, 3.63) is 60.3 Å². The van der Waals surface area contributed by atoms with Crippen molar-refractivity contribution in [3.8, 4) is 17.1 Å². The fourth-order valence-corrected chi connectivity index (χ4v) is 3.86. The van der Waals surface area contributed by atoms with Crippen molar-refractivity contribution in [1.29, 1.82) is 0 Å². The quantitative estimate of drug-likeness (QED) is 0.455. The van der Waals surface area contributed by atoms with Crippen molar-refractivity contribution in [1.82, 2.24) is 30.5 Å². The summed E-state index contributed by atoms with van der Waals surface area (Å²) in [5, 5.41) is 20.5. The average Bonchev–Trinajstić information content (AvgIpc) is 3.47. The Kier molecular flexibility index (Phi) is 6.84. The lowest BCUT2D eigenvalue weighted by Gasteiger charge is -2.23. The van der Waals surface area contributed by atoms with Gasteiger partial charge in [-0.3, -0.25) is 9.89 Å². The highest BCUT2D eigenvalue weighted by atomic mass is 16.5. The Balaban J connectivity index is 0.000000325. The van der Waals surface area contributed by atoms with Crippen LogP contribution >= 0.6 is 0 Å². The Hall–Kier alpha value is -3.52. The molecule has 2 aromatic carbocycles. The van der Waals surface area contributed by atoms with E-state index in [4.69, 9.17) is 0 Å². The van der Waals surface area contributed by atoms with Crippen LogP contribution in [0.15, 0.2) is 54.7 Å². The normalized spacial score (nSPS) is 14.5. The molecule has 0 radical (unpaired) electrons. The van der Waals surface area contributed by atoms with Gasteiger partial charge in [-0.2, -0.15) is 5.10 Å². The minimum Gasteiger partial charge on any atom is -0.462 e. The predicted octanol–water partition coefficient (Wildman–Crippen LogP) is 4.24. The van der Waals surface area contributed by atoms with E-state index in [9.17, 15) is 4.79 Å². The minimum absolute atomic E-state index is 0.318. The smallest absolute Gasteiger partial charge is 0.293 e. The van der Waals surface area contributed by atoms with Crippen LogP contribution in [0.1, 0.15) is 45.1 Å². The van der Waals surface area contributed by atoms with E-state index in [0.29, 0.717) is 12.4 Å². The summed E-state index contributed by atoms with van der Waals surface area (Å²) >= 11 is 0. The van der Waals surface area contributed by atoms with E-state index >= 15 is 0 Å². The standard InChI is InChI=1S/C20H20N6.C5H10O2/c1-2-4-18-17(3-1)20(24-22-18)19-13-26(25-23-19)16-7-5-14(6-8-16)15-9-11-21-12-10-15;1-5(2,3)7-4-6/h1-8,13,15,21H,9-12H2,(H,22,24);4H,1-3H3. The lowest BCUT2D eigenvalue weighted by atomic mass is 9.90. The number of piperidine rings is 1. The molecule has 0 spiro atoms. The van der Waals surface area contributed by atoms with Gasteiger partial charge in [-0.25, -0.2) is 4.68 Å². The maximum Gasteiger partial charge on any atom is 0.293 e. The first-order valence-electron chi connectivity index (χ1n) is 11.2. The largest absolute Gasteiger partial charge is 0.462 e. The second kappa shape index (κ2) is 9.95. The lowest BCUT2D eigenvalue weighted by Crippen LogP contribution is -2.26. The van der Waals surface area contributed by atoms with Crippen LogP contribution in [-0.4, -0.2) is 50.4 Å². The van der Waals surface area contributed by atoms with Gasteiger partial charge in [-0.05, 0) is 76.4 Å². The summed E-state index contributed by atoms with van der Waals surface area (Å²) in [6, 6.07) is 16.7. The molecule has 2 N–H and O–H groups in total. The van der Waals surface area contributed by atoms with E-state index in [0.717, 1.165) is 41.1 Å². The van der Waals surface area contributed by atoms with Gasteiger partial charge in [-0.15, -0.1) is 5.10 Å². The van der Waals surface area contributed by atoms with Crippen LogP contribution in [0.3, 0.4) is 0 Å².